The number of hydrogen-bond donors (Lipinski definition) is 0. The number of ketones is 1. The summed E-state index contributed by atoms with van der Waals surface area (Å²) in [6.07, 6.45) is 0.193. The van der Waals surface area contributed by atoms with Gasteiger partial charge in [-0.2, -0.15) is 0 Å². The molecular formula is C14H15ClO3. The second kappa shape index (κ2) is 4.09. The molecule has 1 aromatic carbocycles. The summed E-state index contributed by atoms with van der Waals surface area (Å²) in [6, 6.07) is 7.08. The molecule has 1 aliphatic carbocycles. The van der Waals surface area contributed by atoms with Gasteiger partial charge in [-0.3, -0.25) is 4.79 Å². The molecule has 96 valence electrons. The first-order valence-electron chi connectivity index (χ1n) is 5.79. The standard InChI is InChI=1S/C14H15ClO3/c1-13(2,3)18-12(17)14(15)8-9-6-4-5-7-10(9)11(14)16/h4-7H,8H2,1-3H3/t14-/m1/s1. The van der Waals surface area contributed by atoms with E-state index in [4.69, 9.17) is 16.3 Å². The van der Waals surface area contributed by atoms with Crippen molar-refractivity contribution in [2.24, 2.45) is 0 Å². The first-order chi connectivity index (χ1) is 8.24. The molecule has 0 saturated heterocycles. The van der Waals surface area contributed by atoms with Crippen LogP contribution in [0, 0.1) is 0 Å². The van der Waals surface area contributed by atoms with Crippen LogP contribution in [0.2, 0.25) is 0 Å². The average Bonchev–Trinajstić information content (AvgIpc) is 2.51. The highest BCUT2D eigenvalue weighted by Gasteiger charge is 2.52. The summed E-state index contributed by atoms with van der Waals surface area (Å²) in [5, 5.41) is 0. The number of hydrogen-bond acceptors (Lipinski definition) is 3. The van der Waals surface area contributed by atoms with E-state index in [0.29, 0.717) is 5.56 Å². The number of carbonyl (C=O) groups excluding carboxylic acids is 2. The number of halogens is 1. The number of ether oxygens (including phenoxy) is 1. The quantitative estimate of drug-likeness (QED) is 0.446. The average molecular weight is 267 g/mol. The number of fused-ring (bicyclic) bond motifs is 1. The normalized spacial score (nSPS) is 22.8. The molecule has 0 unspecified atom stereocenters. The molecule has 0 amide bonds. The SMILES string of the molecule is CC(C)(C)OC(=O)[C@@]1(Cl)Cc2ccccc2C1=O. The van der Waals surface area contributed by atoms with Gasteiger partial charge in [0, 0.05) is 12.0 Å². The van der Waals surface area contributed by atoms with Crippen molar-refractivity contribution in [3.05, 3.63) is 35.4 Å². The van der Waals surface area contributed by atoms with Crippen LogP contribution in [-0.2, 0) is 16.0 Å². The fourth-order valence-corrected chi connectivity index (χ4v) is 2.26. The van der Waals surface area contributed by atoms with E-state index in [1.807, 2.05) is 12.1 Å². The number of carbonyl (C=O) groups is 2. The number of rotatable bonds is 1. The van der Waals surface area contributed by atoms with Crippen LogP contribution in [0.3, 0.4) is 0 Å². The van der Waals surface area contributed by atoms with Crippen molar-refractivity contribution in [1.82, 2.24) is 0 Å². The van der Waals surface area contributed by atoms with Crippen LogP contribution in [0.4, 0.5) is 0 Å². The van der Waals surface area contributed by atoms with E-state index in [1.165, 1.54) is 0 Å². The van der Waals surface area contributed by atoms with E-state index < -0.39 is 16.4 Å². The molecule has 0 radical (unpaired) electrons. The lowest BCUT2D eigenvalue weighted by atomic mass is 10.0. The highest BCUT2D eigenvalue weighted by Crippen LogP contribution is 2.36. The topological polar surface area (TPSA) is 43.4 Å². The van der Waals surface area contributed by atoms with Gasteiger partial charge in [0.25, 0.3) is 0 Å². The number of alkyl halides is 1. The molecular weight excluding hydrogens is 252 g/mol. The smallest absolute Gasteiger partial charge is 0.336 e. The van der Waals surface area contributed by atoms with E-state index in [0.717, 1.165) is 5.56 Å². The number of esters is 1. The van der Waals surface area contributed by atoms with Gasteiger partial charge >= 0.3 is 5.97 Å². The lowest BCUT2D eigenvalue weighted by molar-refractivity contribution is -0.156. The maximum Gasteiger partial charge on any atom is 0.336 e. The van der Waals surface area contributed by atoms with Gasteiger partial charge < -0.3 is 4.74 Å². The number of benzene rings is 1. The van der Waals surface area contributed by atoms with Crippen molar-refractivity contribution in [1.29, 1.82) is 0 Å². The Bertz CT molecular complexity index is 516. The second-order valence-corrected chi connectivity index (χ2v) is 6.11. The maximum atomic E-state index is 12.2. The van der Waals surface area contributed by atoms with E-state index >= 15 is 0 Å². The molecule has 0 N–H and O–H groups in total. The lowest BCUT2D eigenvalue weighted by Crippen LogP contribution is -2.43. The minimum Gasteiger partial charge on any atom is -0.458 e. The Balaban J connectivity index is 2.31. The summed E-state index contributed by atoms with van der Waals surface area (Å²) in [5.74, 6) is -1.04. The molecule has 1 aromatic rings. The molecule has 1 atom stereocenters. The van der Waals surface area contributed by atoms with Gasteiger partial charge in [-0.25, -0.2) is 4.79 Å². The molecule has 2 rings (SSSR count). The largest absolute Gasteiger partial charge is 0.458 e. The minimum absolute atomic E-state index is 0.193. The van der Waals surface area contributed by atoms with E-state index in [9.17, 15) is 9.59 Å². The van der Waals surface area contributed by atoms with Gasteiger partial charge in [0.1, 0.15) is 5.60 Å². The fourth-order valence-electron chi connectivity index (χ4n) is 1.98. The zero-order valence-corrected chi connectivity index (χ0v) is 11.4. The first-order valence-corrected chi connectivity index (χ1v) is 6.17. The van der Waals surface area contributed by atoms with Crippen molar-refractivity contribution in [2.75, 3.05) is 0 Å². The van der Waals surface area contributed by atoms with Crippen LogP contribution in [0.1, 0.15) is 36.7 Å². The van der Waals surface area contributed by atoms with Crippen LogP contribution in [0.15, 0.2) is 24.3 Å². The summed E-state index contributed by atoms with van der Waals surface area (Å²) >= 11 is 6.22. The van der Waals surface area contributed by atoms with Gasteiger partial charge in [-0.05, 0) is 26.3 Å². The molecule has 1 aliphatic rings. The number of Topliss-reactive ketones (excluding diaryl/α,β-unsaturated/α-hetero) is 1. The molecule has 3 nitrogen and oxygen atoms in total. The fraction of sp³-hybridized carbons (Fsp3) is 0.429. The first kappa shape index (κ1) is 13.1. The molecule has 4 heteroatoms. The summed E-state index contributed by atoms with van der Waals surface area (Å²) < 4.78 is 5.23. The van der Waals surface area contributed by atoms with Crippen LogP contribution < -0.4 is 0 Å². The Morgan fingerprint density at radius 3 is 2.50 bits per heavy atom. The van der Waals surface area contributed by atoms with Gasteiger partial charge in [0.15, 0.2) is 5.78 Å². The summed E-state index contributed by atoms with van der Waals surface area (Å²) in [4.78, 5) is 22.7. The Morgan fingerprint density at radius 1 is 1.33 bits per heavy atom. The van der Waals surface area contributed by atoms with Crippen LogP contribution in [-0.4, -0.2) is 22.2 Å². The van der Waals surface area contributed by atoms with Gasteiger partial charge in [0.2, 0.25) is 4.87 Å². The zero-order valence-electron chi connectivity index (χ0n) is 10.6. The molecule has 18 heavy (non-hydrogen) atoms. The van der Waals surface area contributed by atoms with Crippen molar-refractivity contribution in [3.8, 4) is 0 Å². The van der Waals surface area contributed by atoms with E-state index in [2.05, 4.69) is 0 Å². The minimum atomic E-state index is -1.60. The monoisotopic (exact) mass is 266 g/mol. The summed E-state index contributed by atoms with van der Waals surface area (Å²) in [6.45, 7) is 5.24. The van der Waals surface area contributed by atoms with Gasteiger partial charge in [0.05, 0.1) is 0 Å². The highest BCUT2D eigenvalue weighted by atomic mass is 35.5. The highest BCUT2D eigenvalue weighted by molar-refractivity contribution is 6.49. The molecule has 0 aliphatic heterocycles. The third-order valence-corrected chi connectivity index (χ3v) is 3.24. The summed E-state index contributed by atoms with van der Waals surface area (Å²) in [7, 11) is 0. The molecule has 0 heterocycles. The third kappa shape index (κ3) is 2.15. The predicted octanol–water partition coefficient (Wildman–Crippen LogP) is 2.74. The van der Waals surface area contributed by atoms with Gasteiger partial charge in [-0.15, -0.1) is 0 Å². The maximum absolute atomic E-state index is 12.2. The Hall–Kier alpha value is -1.35. The van der Waals surface area contributed by atoms with E-state index in [-0.39, 0.29) is 12.2 Å². The Morgan fingerprint density at radius 2 is 1.94 bits per heavy atom. The molecule has 0 spiro atoms. The predicted molar refractivity (Wildman–Crippen MR) is 68.9 cm³/mol. The van der Waals surface area contributed by atoms with Crippen LogP contribution in [0.25, 0.3) is 0 Å². The second-order valence-electron chi connectivity index (χ2n) is 5.47. The van der Waals surface area contributed by atoms with Crippen molar-refractivity contribution < 1.29 is 14.3 Å². The van der Waals surface area contributed by atoms with Crippen LogP contribution in [0.5, 0.6) is 0 Å². The van der Waals surface area contributed by atoms with Crippen molar-refractivity contribution >= 4 is 23.4 Å². The van der Waals surface area contributed by atoms with Crippen molar-refractivity contribution in [2.45, 2.75) is 37.7 Å². The molecule has 0 aromatic heterocycles. The summed E-state index contributed by atoms with van der Waals surface area (Å²) in [5.41, 5.74) is 0.648. The lowest BCUT2D eigenvalue weighted by Gasteiger charge is -2.25. The molecule has 0 saturated carbocycles. The molecule has 0 fully saturated rings. The van der Waals surface area contributed by atoms with Crippen molar-refractivity contribution in [3.63, 3.8) is 0 Å². The Labute approximate surface area is 111 Å². The molecule has 0 bridgehead atoms. The van der Waals surface area contributed by atoms with E-state index in [1.54, 1.807) is 32.9 Å². The van der Waals surface area contributed by atoms with Gasteiger partial charge in [-0.1, -0.05) is 35.9 Å². The van der Waals surface area contributed by atoms with Crippen LogP contribution >= 0.6 is 11.6 Å². The zero-order chi connectivity index (χ0) is 13.6. The Kier molecular flexibility index (Phi) is 2.98. The third-order valence-electron chi connectivity index (χ3n) is 2.78.